The van der Waals surface area contributed by atoms with Crippen LogP contribution in [0.5, 0.6) is 0 Å². The van der Waals surface area contributed by atoms with Gasteiger partial charge in [-0.1, -0.05) is 0 Å². The van der Waals surface area contributed by atoms with Gasteiger partial charge in [-0.3, -0.25) is 9.78 Å². The molecule has 0 radical (unpaired) electrons. The quantitative estimate of drug-likeness (QED) is 0.873. The van der Waals surface area contributed by atoms with Crippen LogP contribution in [0.2, 0.25) is 0 Å². The third-order valence-electron chi connectivity index (χ3n) is 2.59. The zero-order chi connectivity index (χ0) is 12.4. The molecular formula is C13H12INO2. The molecule has 4 heteroatoms. The molecule has 0 aliphatic heterocycles. The van der Waals surface area contributed by atoms with Gasteiger partial charge in [-0.05, 0) is 65.8 Å². The molecule has 0 saturated carbocycles. The monoisotopic (exact) mass is 341 g/mol. The molecule has 2 rings (SSSR count). The minimum atomic E-state index is -0.766. The maximum Gasteiger partial charge on any atom is 0.303 e. The number of carboxylic acids is 1. The number of pyridine rings is 1. The molecule has 1 N–H and O–H groups in total. The summed E-state index contributed by atoms with van der Waals surface area (Å²) in [6.45, 7) is 1.93. The molecule has 0 atom stereocenters. The topological polar surface area (TPSA) is 50.2 Å². The Labute approximate surface area is 113 Å². The third kappa shape index (κ3) is 2.94. The lowest BCUT2D eigenvalue weighted by molar-refractivity contribution is -0.136. The maximum absolute atomic E-state index is 10.6. The second-order valence-corrected chi connectivity index (χ2v) is 5.22. The minimum absolute atomic E-state index is 0.157. The number of hydrogen-bond acceptors (Lipinski definition) is 2. The van der Waals surface area contributed by atoms with Gasteiger partial charge in [-0.15, -0.1) is 0 Å². The Morgan fingerprint density at radius 3 is 2.88 bits per heavy atom. The van der Waals surface area contributed by atoms with Crippen LogP contribution in [0.1, 0.15) is 17.7 Å². The van der Waals surface area contributed by atoms with E-state index in [9.17, 15) is 4.79 Å². The van der Waals surface area contributed by atoms with Crippen LogP contribution < -0.4 is 0 Å². The zero-order valence-corrected chi connectivity index (χ0v) is 11.6. The van der Waals surface area contributed by atoms with Crippen molar-refractivity contribution in [3.8, 4) is 0 Å². The van der Waals surface area contributed by atoms with E-state index < -0.39 is 5.97 Å². The fourth-order valence-corrected chi connectivity index (χ4v) is 2.35. The van der Waals surface area contributed by atoms with Crippen LogP contribution >= 0.6 is 22.6 Å². The molecule has 0 fully saturated rings. The molecule has 2 aromatic rings. The van der Waals surface area contributed by atoms with Crippen molar-refractivity contribution in [2.24, 2.45) is 0 Å². The molecule has 0 aliphatic rings. The van der Waals surface area contributed by atoms with Crippen molar-refractivity contribution in [1.29, 1.82) is 0 Å². The molecule has 88 valence electrons. The Bertz CT molecular complexity index is 581. The summed E-state index contributed by atoms with van der Waals surface area (Å²) in [6.07, 6.45) is 0.708. The lowest BCUT2D eigenvalue weighted by Crippen LogP contribution is -1.99. The van der Waals surface area contributed by atoms with Crippen LogP contribution in [0.3, 0.4) is 0 Å². The van der Waals surface area contributed by atoms with E-state index >= 15 is 0 Å². The third-order valence-corrected chi connectivity index (χ3v) is 3.26. The Morgan fingerprint density at radius 2 is 2.18 bits per heavy atom. The van der Waals surface area contributed by atoms with E-state index in [0.717, 1.165) is 25.7 Å². The highest BCUT2D eigenvalue weighted by Gasteiger charge is 2.06. The molecule has 0 spiro atoms. The van der Waals surface area contributed by atoms with Crippen LogP contribution in [0, 0.1) is 10.5 Å². The minimum Gasteiger partial charge on any atom is -0.481 e. The van der Waals surface area contributed by atoms with Crippen LogP contribution in [-0.2, 0) is 11.2 Å². The lowest BCUT2D eigenvalue weighted by atomic mass is 10.0. The molecule has 1 aromatic carbocycles. The van der Waals surface area contributed by atoms with E-state index in [1.165, 1.54) is 0 Å². The van der Waals surface area contributed by atoms with Gasteiger partial charge in [0.1, 0.15) is 0 Å². The lowest BCUT2D eigenvalue weighted by Gasteiger charge is -2.07. The molecule has 3 nitrogen and oxygen atoms in total. The van der Waals surface area contributed by atoms with E-state index in [0.29, 0.717) is 6.42 Å². The predicted molar refractivity (Wildman–Crippen MR) is 75.2 cm³/mol. The predicted octanol–water partition coefficient (Wildman–Crippen LogP) is 3.17. The zero-order valence-electron chi connectivity index (χ0n) is 9.40. The first-order valence-corrected chi connectivity index (χ1v) is 6.42. The average Bonchev–Trinajstić information content (AvgIpc) is 2.26. The van der Waals surface area contributed by atoms with Gasteiger partial charge in [0.2, 0.25) is 0 Å². The Morgan fingerprint density at radius 1 is 1.41 bits per heavy atom. The molecule has 1 heterocycles. The Kier molecular flexibility index (Phi) is 3.61. The Balaban J connectivity index is 2.51. The van der Waals surface area contributed by atoms with Crippen molar-refractivity contribution in [1.82, 2.24) is 4.98 Å². The highest BCUT2D eigenvalue weighted by molar-refractivity contribution is 14.1. The highest BCUT2D eigenvalue weighted by atomic mass is 127. The molecular weight excluding hydrogens is 329 g/mol. The van der Waals surface area contributed by atoms with E-state index in [1.807, 2.05) is 25.1 Å². The van der Waals surface area contributed by atoms with Gasteiger partial charge in [0.25, 0.3) is 0 Å². The first kappa shape index (κ1) is 12.3. The normalized spacial score (nSPS) is 10.7. The summed E-state index contributed by atoms with van der Waals surface area (Å²) in [7, 11) is 0. The summed E-state index contributed by atoms with van der Waals surface area (Å²) in [5.41, 5.74) is 2.93. The molecule has 0 amide bonds. The SMILES string of the molecule is Cc1cc(CCC(=O)O)c2cc(I)ccc2n1. The second-order valence-electron chi connectivity index (χ2n) is 3.98. The number of benzene rings is 1. The number of rotatable bonds is 3. The fraction of sp³-hybridized carbons (Fsp3) is 0.231. The number of aromatic nitrogens is 1. The number of hydrogen-bond donors (Lipinski definition) is 1. The van der Waals surface area contributed by atoms with E-state index in [1.54, 1.807) is 0 Å². The van der Waals surface area contributed by atoms with Crippen LogP contribution in [0.15, 0.2) is 24.3 Å². The summed E-state index contributed by atoms with van der Waals surface area (Å²) in [5.74, 6) is -0.766. The molecule has 0 aliphatic carbocycles. The van der Waals surface area contributed by atoms with Gasteiger partial charge in [0, 0.05) is 21.1 Å². The molecule has 0 saturated heterocycles. The number of carbonyl (C=O) groups is 1. The van der Waals surface area contributed by atoms with Crippen molar-refractivity contribution in [2.75, 3.05) is 0 Å². The summed E-state index contributed by atoms with van der Waals surface area (Å²) < 4.78 is 1.14. The van der Waals surface area contributed by atoms with Crippen LogP contribution in [0.25, 0.3) is 10.9 Å². The fourth-order valence-electron chi connectivity index (χ4n) is 1.86. The summed E-state index contributed by atoms with van der Waals surface area (Å²) in [4.78, 5) is 15.1. The van der Waals surface area contributed by atoms with Crippen molar-refractivity contribution in [2.45, 2.75) is 19.8 Å². The standard InChI is InChI=1S/C13H12INO2/c1-8-6-9(2-5-13(16)17)11-7-10(14)3-4-12(11)15-8/h3-4,6-7H,2,5H2,1H3,(H,16,17). The first-order valence-electron chi connectivity index (χ1n) is 5.34. The van der Waals surface area contributed by atoms with Gasteiger partial charge in [0.15, 0.2) is 0 Å². The number of aryl methyl sites for hydroxylation is 2. The number of nitrogens with zero attached hydrogens (tertiary/aromatic N) is 1. The van der Waals surface area contributed by atoms with E-state index in [2.05, 4.69) is 33.6 Å². The van der Waals surface area contributed by atoms with Crippen LogP contribution in [-0.4, -0.2) is 16.1 Å². The number of carboxylic acid groups (broad SMARTS) is 1. The average molecular weight is 341 g/mol. The van der Waals surface area contributed by atoms with Crippen molar-refractivity contribution < 1.29 is 9.90 Å². The smallest absolute Gasteiger partial charge is 0.303 e. The van der Waals surface area contributed by atoms with Gasteiger partial charge >= 0.3 is 5.97 Å². The molecule has 0 unspecified atom stereocenters. The van der Waals surface area contributed by atoms with Gasteiger partial charge in [-0.2, -0.15) is 0 Å². The summed E-state index contributed by atoms with van der Waals surface area (Å²) >= 11 is 2.25. The number of aliphatic carboxylic acids is 1. The summed E-state index contributed by atoms with van der Waals surface area (Å²) in [5, 5.41) is 9.81. The van der Waals surface area contributed by atoms with Crippen molar-refractivity contribution in [3.05, 3.63) is 39.1 Å². The van der Waals surface area contributed by atoms with Gasteiger partial charge < -0.3 is 5.11 Å². The van der Waals surface area contributed by atoms with E-state index in [-0.39, 0.29) is 6.42 Å². The largest absolute Gasteiger partial charge is 0.481 e. The number of halogens is 1. The van der Waals surface area contributed by atoms with Crippen molar-refractivity contribution in [3.63, 3.8) is 0 Å². The maximum atomic E-state index is 10.6. The van der Waals surface area contributed by atoms with Gasteiger partial charge in [0.05, 0.1) is 5.52 Å². The molecule has 17 heavy (non-hydrogen) atoms. The van der Waals surface area contributed by atoms with Gasteiger partial charge in [-0.25, -0.2) is 0 Å². The number of fused-ring (bicyclic) bond motifs is 1. The first-order chi connectivity index (χ1) is 8.06. The van der Waals surface area contributed by atoms with E-state index in [4.69, 9.17) is 5.11 Å². The van der Waals surface area contributed by atoms with Crippen molar-refractivity contribution >= 4 is 39.5 Å². The summed E-state index contributed by atoms with van der Waals surface area (Å²) in [6, 6.07) is 8.02. The molecule has 0 bridgehead atoms. The Hall–Kier alpha value is -1.17. The van der Waals surface area contributed by atoms with Crippen LogP contribution in [0.4, 0.5) is 0 Å². The molecule has 1 aromatic heterocycles. The highest BCUT2D eigenvalue weighted by Crippen LogP contribution is 2.22. The second kappa shape index (κ2) is 5.00.